The number of hydrogen-bond donors (Lipinski definition) is 0. The maximum atomic E-state index is 13.3. The van der Waals surface area contributed by atoms with E-state index in [1.807, 2.05) is 43.0 Å². The van der Waals surface area contributed by atoms with Crippen molar-refractivity contribution in [1.82, 2.24) is 14.2 Å². The van der Waals surface area contributed by atoms with E-state index >= 15 is 0 Å². The maximum Gasteiger partial charge on any atom is 0.447 e. The van der Waals surface area contributed by atoms with Crippen molar-refractivity contribution >= 4 is 39.9 Å². The number of halogens is 1. The van der Waals surface area contributed by atoms with E-state index in [4.69, 9.17) is 33.1 Å². The van der Waals surface area contributed by atoms with E-state index in [1.54, 1.807) is 25.3 Å². The zero-order valence-corrected chi connectivity index (χ0v) is 19.5. The Morgan fingerprint density at radius 3 is 2.65 bits per heavy atom. The van der Waals surface area contributed by atoms with Crippen LogP contribution in [0.15, 0.2) is 62.6 Å². The van der Waals surface area contributed by atoms with E-state index in [1.165, 1.54) is 17.8 Å². The molecule has 1 saturated heterocycles. The SMILES string of the molecule is COc1ccccc1CN1C(=S)SC(C)(C)[C@@H]1n1oc(=O)n(-c2cccc(Cl)c2)c1=O. The Balaban J connectivity index is 1.81. The number of aromatic nitrogens is 2. The molecule has 1 aliphatic rings. The Hall–Kier alpha value is -2.49. The van der Waals surface area contributed by atoms with Gasteiger partial charge in [0.2, 0.25) is 0 Å². The molecule has 3 aromatic rings. The van der Waals surface area contributed by atoms with E-state index in [9.17, 15) is 9.59 Å². The van der Waals surface area contributed by atoms with Gasteiger partial charge in [0.05, 0.1) is 24.1 Å². The topological polar surface area (TPSA) is 69.6 Å². The van der Waals surface area contributed by atoms with Gasteiger partial charge in [0.25, 0.3) is 0 Å². The molecule has 7 nitrogen and oxygen atoms in total. The summed E-state index contributed by atoms with van der Waals surface area (Å²) in [6, 6.07) is 14.1. The highest BCUT2D eigenvalue weighted by Crippen LogP contribution is 2.47. The summed E-state index contributed by atoms with van der Waals surface area (Å²) in [6.07, 6.45) is -0.615. The molecule has 2 aromatic carbocycles. The van der Waals surface area contributed by atoms with Crippen LogP contribution in [0.3, 0.4) is 0 Å². The van der Waals surface area contributed by atoms with Crippen molar-refractivity contribution in [1.29, 1.82) is 0 Å². The van der Waals surface area contributed by atoms with Crippen molar-refractivity contribution in [2.24, 2.45) is 0 Å². The first-order valence-electron chi connectivity index (χ1n) is 9.45. The van der Waals surface area contributed by atoms with Crippen LogP contribution in [0, 0.1) is 0 Å². The summed E-state index contributed by atoms with van der Waals surface area (Å²) in [6.45, 7) is 4.31. The lowest BCUT2D eigenvalue weighted by Gasteiger charge is -2.30. The summed E-state index contributed by atoms with van der Waals surface area (Å²) in [4.78, 5) is 27.8. The van der Waals surface area contributed by atoms with Gasteiger partial charge in [0, 0.05) is 10.6 Å². The molecule has 1 fully saturated rings. The fourth-order valence-electron chi connectivity index (χ4n) is 3.71. The number of nitrogens with zero attached hydrogens (tertiary/aromatic N) is 3. The molecule has 0 N–H and O–H groups in total. The average Bonchev–Trinajstić information content (AvgIpc) is 3.12. The predicted molar refractivity (Wildman–Crippen MR) is 125 cm³/mol. The second-order valence-corrected chi connectivity index (χ2v) is 10.3. The highest BCUT2D eigenvalue weighted by atomic mass is 35.5. The first kappa shape index (κ1) is 21.7. The molecule has 0 radical (unpaired) electrons. The molecule has 1 aliphatic heterocycles. The van der Waals surface area contributed by atoms with Crippen molar-refractivity contribution in [3.63, 3.8) is 0 Å². The molecule has 162 valence electrons. The van der Waals surface area contributed by atoms with Gasteiger partial charge in [-0.25, -0.2) is 9.59 Å². The maximum absolute atomic E-state index is 13.3. The molecule has 31 heavy (non-hydrogen) atoms. The lowest BCUT2D eigenvalue weighted by molar-refractivity contribution is 0.0861. The Bertz CT molecular complexity index is 1260. The standard InChI is InChI=1S/C21H20ClN3O4S2/c1-21(2)17(23(20(30)31-21)12-13-7-4-5-10-16(13)28-3)25-18(26)24(19(27)29-25)15-9-6-8-14(22)11-15/h4-11,17H,12H2,1-3H3/t17-/m0/s1. The van der Waals surface area contributed by atoms with Crippen molar-refractivity contribution < 1.29 is 9.26 Å². The number of rotatable bonds is 5. The zero-order valence-electron chi connectivity index (χ0n) is 17.1. The quantitative estimate of drug-likeness (QED) is 0.513. The predicted octanol–water partition coefficient (Wildman–Crippen LogP) is 4.07. The van der Waals surface area contributed by atoms with Crippen LogP contribution in [-0.2, 0) is 6.54 Å². The van der Waals surface area contributed by atoms with Gasteiger partial charge in [-0.05, 0) is 38.1 Å². The molecule has 10 heteroatoms. The van der Waals surface area contributed by atoms with Crippen LogP contribution in [0.2, 0.25) is 5.02 Å². The van der Waals surface area contributed by atoms with Gasteiger partial charge in [-0.1, -0.05) is 59.8 Å². The molecule has 0 unspecified atom stereocenters. The van der Waals surface area contributed by atoms with Crippen LogP contribution >= 0.6 is 35.6 Å². The summed E-state index contributed by atoms with van der Waals surface area (Å²) < 4.78 is 13.1. The van der Waals surface area contributed by atoms with E-state index in [0.717, 1.165) is 14.9 Å². The number of benzene rings is 2. The average molecular weight is 478 g/mol. The molecule has 1 aromatic heterocycles. The Kier molecular flexibility index (Phi) is 5.76. The second kappa shape index (κ2) is 8.22. The van der Waals surface area contributed by atoms with E-state index in [-0.39, 0.29) is 0 Å². The number of hydrogen-bond acceptors (Lipinski definition) is 6. The van der Waals surface area contributed by atoms with E-state index < -0.39 is 22.4 Å². The molecule has 2 heterocycles. The number of para-hydroxylation sites is 1. The summed E-state index contributed by atoms with van der Waals surface area (Å²) in [5, 5.41) is 0.410. The molecular formula is C21H20ClN3O4S2. The summed E-state index contributed by atoms with van der Waals surface area (Å²) in [5.74, 6) is -0.0767. The Labute approximate surface area is 193 Å². The first-order valence-corrected chi connectivity index (χ1v) is 11.1. The molecule has 4 rings (SSSR count). The third-order valence-corrected chi connectivity index (χ3v) is 6.93. The molecular weight excluding hydrogens is 458 g/mol. The van der Waals surface area contributed by atoms with E-state index in [0.29, 0.717) is 27.3 Å². The Morgan fingerprint density at radius 1 is 1.19 bits per heavy atom. The van der Waals surface area contributed by atoms with Crippen LogP contribution in [-0.4, -0.2) is 30.4 Å². The summed E-state index contributed by atoms with van der Waals surface area (Å²) in [5.41, 5.74) is 0.647. The number of thiocarbonyl (C=S) groups is 1. The Morgan fingerprint density at radius 2 is 1.94 bits per heavy atom. The van der Waals surface area contributed by atoms with Gasteiger partial charge < -0.3 is 14.2 Å². The number of methoxy groups -OCH3 is 1. The van der Waals surface area contributed by atoms with Crippen molar-refractivity contribution in [3.05, 3.63) is 80.2 Å². The van der Waals surface area contributed by atoms with Crippen molar-refractivity contribution in [2.75, 3.05) is 7.11 Å². The van der Waals surface area contributed by atoms with Crippen LogP contribution in [0.5, 0.6) is 5.75 Å². The van der Waals surface area contributed by atoms with E-state index in [2.05, 4.69) is 0 Å². The second-order valence-electron chi connectivity index (χ2n) is 7.57. The summed E-state index contributed by atoms with van der Waals surface area (Å²) >= 11 is 13.1. The molecule has 0 spiro atoms. The molecule has 0 saturated carbocycles. The smallest absolute Gasteiger partial charge is 0.447 e. The minimum atomic E-state index is -0.789. The minimum Gasteiger partial charge on any atom is -0.496 e. The van der Waals surface area contributed by atoms with Crippen LogP contribution in [0.25, 0.3) is 5.69 Å². The third kappa shape index (κ3) is 3.93. The molecule has 0 amide bonds. The fourth-order valence-corrected chi connectivity index (χ4v) is 5.77. The van der Waals surface area contributed by atoms with Crippen molar-refractivity contribution in [3.8, 4) is 11.4 Å². The van der Waals surface area contributed by atoms with Crippen molar-refractivity contribution in [2.45, 2.75) is 31.3 Å². The molecule has 1 atom stereocenters. The van der Waals surface area contributed by atoms with Gasteiger partial charge in [0.1, 0.15) is 10.1 Å². The zero-order chi connectivity index (χ0) is 22.3. The fraction of sp³-hybridized carbons (Fsp3) is 0.286. The lowest BCUT2D eigenvalue weighted by atomic mass is 10.1. The van der Waals surface area contributed by atoms with Crippen LogP contribution in [0.1, 0.15) is 25.6 Å². The molecule has 0 bridgehead atoms. The normalized spacial score (nSPS) is 17.9. The van der Waals surface area contributed by atoms with Gasteiger partial charge >= 0.3 is 11.4 Å². The summed E-state index contributed by atoms with van der Waals surface area (Å²) in [7, 11) is 1.60. The molecule has 0 aliphatic carbocycles. The highest BCUT2D eigenvalue weighted by molar-refractivity contribution is 8.24. The highest BCUT2D eigenvalue weighted by Gasteiger charge is 2.48. The number of ether oxygens (including phenoxy) is 1. The minimum absolute atomic E-state index is 0.340. The van der Waals surface area contributed by atoms with Gasteiger partial charge in [-0.15, -0.1) is 4.74 Å². The number of thioether (sulfide) groups is 1. The van der Waals surface area contributed by atoms with Gasteiger partial charge in [0.15, 0.2) is 6.17 Å². The van der Waals surface area contributed by atoms with Crippen LogP contribution < -0.4 is 16.2 Å². The van der Waals surface area contributed by atoms with Crippen LogP contribution in [0.4, 0.5) is 0 Å². The third-order valence-electron chi connectivity index (χ3n) is 5.06. The first-order chi connectivity index (χ1) is 14.7. The largest absolute Gasteiger partial charge is 0.496 e. The monoisotopic (exact) mass is 477 g/mol. The van der Waals surface area contributed by atoms with Gasteiger partial charge in [-0.3, -0.25) is 0 Å². The van der Waals surface area contributed by atoms with Gasteiger partial charge in [-0.2, -0.15) is 4.57 Å². The lowest BCUT2D eigenvalue weighted by Crippen LogP contribution is -2.42.